The lowest BCUT2D eigenvalue weighted by Crippen LogP contribution is -2.52. The van der Waals surface area contributed by atoms with Crippen molar-refractivity contribution >= 4 is 11.7 Å². The monoisotopic (exact) mass is 379 g/mol. The lowest BCUT2D eigenvalue weighted by molar-refractivity contribution is -0.154. The minimum Gasteiger partial charge on any atom is -0.387 e. The Kier molecular flexibility index (Phi) is 14.4. The van der Waals surface area contributed by atoms with Gasteiger partial charge in [0.05, 0.1) is 6.61 Å². The molecule has 0 aromatic carbocycles. The van der Waals surface area contributed by atoms with Crippen molar-refractivity contribution in [2.45, 2.75) is 63.9 Å². The molecular weight excluding hydrogens is 346 g/mol. The van der Waals surface area contributed by atoms with Crippen molar-refractivity contribution in [2.24, 2.45) is 0 Å². The Morgan fingerprint density at radius 3 is 1.96 bits per heavy atom. The molecule has 1 amide bonds. The van der Waals surface area contributed by atoms with Gasteiger partial charge >= 0.3 is 0 Å². The van der Waals surface area contributed by atoms with Crippen molar-refractivity contribution in [2.75, 3.05) is 33.0 Å². The molecule has 5 N–H and O–H groups in total. The van der Waals surface area contributed by atoms with Crippen molar-refractivity contribution in [1.82, 2.24) is 5.32 Å². The Hall–Kier alpha value is -1.10. The summed E-state index contributed by atoms with van der Waals surface area (Å²) >= 11 is 0. The number of Topliss-reactive ketones (excluding diaryl/α,β-unsaturated/α-hetero) is 1. The number of aliphatic hydroxyl groups excluding tert-OH is 4. The zero-order valence-corrected chi connectivity index (χ0v) is 15.6. The number of hydrogen-bond acceptors (Lipinski definition) is 8. The first kappa shape index (κ1) is 24.9. The van der Waals surface area contributed by atoms with Gasteiger partial charge in [-0.1, -0.05) is 13.8 Å². The highest BCUT2D eigenvalue weighted by atomic mass is 16.5. The van der Waals surface area contributed by atoms with E-state index in [9.17, 15) is 30.0 Å². The molecule has 0 fully saturated rings. The predicted octanol–water partition coefficient (Wildman–Crippen LogP) is -1.25. The summed E-state index contributed by atoms with van der Waals surface area (Å²) in [5.74, 6) is -1.62. The van der Waals surface area contributed by atoms with E-state index in [-0.39, 0.29) is 19.6 Å². The van der Waals surface area contributed by atoms with Gasteiger partial charge in [0.2, 0.25) is 0 Å². The second kappa shape index (κ2) is 15.0. The van der Waals surface area contributed by atoms with Crippen molar-refractivity contribution < 1.29 is 39.5 Å². The Labute approximate surface area is 154 Å². The van der Waals surface area contributed by atoms with E-state index in [1.54, 1.807) is 0 Å². The molecule has 0 aliphatic heterocycles. The molecule has 0 aliphatic rings. The van der Waals surface area contributed by atoms with Crippen LogP contribution in [0.1, 0.15) is 39.5 Å². The van der Waals surface area contributed by atoms with E-state index >= 15 is 0 Å². The number of rotatable bonds is 16. The first-order valence-electron chi connectivity index (χ1n) is 9.04. The van der Waals surface area contributed by atoms with Gasteiger partial charge in [-0.15, -0.1) is 0 Å². The summed E-state index contributed by atoms with van der Waals surface area (Å²) in [6.07, 6.45) is -5.86. The number of aliphatic hydroxyl groups is 4. The van der Waals surface area contributed by atoms with Crippen LogP contribution in [0.2, 0.25) is 0 Å². The van der Waals surface area contributed by atoms with E-state index in [4.69, 9.17) is 9.47 Å². The summed E-state index contributed by atoms with van der Waals surface area (Å²) < 4.78 is 10.4. The quantitative estimate of drug-likeness (QED) is 0.209. The molecule has 0 bridgehead atoms. The largest absolute Gasteiger partial charge is 0.387 e. The third-order valence-corrected chi connectivity index (χ3v) is 3.55. The van der Waals surface area contributed by atoms with Gasteiger partial charge in [-0.25, -0.2) is 0 Å². The molecule has 0 spiro atoms. The van der Waals surface area contributed by atoms with Crippen LogP contribution >= 0.6 is 0 Å². The van der Waals surface area contributed by atoms with Crippen molar-refractivity contribution in [3.05, 3.63) is 0 Å². The minimum atomic E-state index is -2.00. The normalized spacial score (nSPS) is 15.9. The first-order valence-corrected chi connectivity index (χ1v) is 9.04. The molecule has 0 aromatic heterocycles. The van der Waals surface area contributed by atoms with Crippen LogP contribution in [0, 0.1) is 0 Å². The fraction of sp³-hybridized carbons (Fsp3) is 0.882. The first-order chi connectivity index (χ1) is 12.4. The molecule has 0 saturated heterocycles. The number of nitrogens with one attached hydrogen (secondary N) is 1. The van der Waals surface area contributed by atoms with Crippen LogP contribution in [0.5, 0.6) is 0 Å². The van der Waals surface area contributed by atoms with E-state index in [1.165, 1.54) is 0 Å². The standard InChI is InChI=1S/C17H33NO8/c1-3-8-25-10-5-6-12(19)13(20)14(21)15(22)16(23)17(24)18-7-11-26-9-4-2/h13-16,20-23H,3-11H2,1-2H3,(H,18,24)/t13-,14+,15+,16-/m0/s1. The average Bonchev–Trinajstić information content (AvgIpc) is 2.64. The van der Waals surface area contributed by atoms with Gasteiger partial charge in [-0.3, -0.25) is 9.59 Å². The summed E-state index contributed by atoms with van der Waals surface area (Å²) in [5, 5.41) is 41.6. The fourth-order valence-corrected chi connectivity index (χ4v) is 2.06. The van der Waals surface area contributed by atoms with Crippen LogP contribution < -0.4 is 5.32 Å². The van der Waals surface area contributed by atoms with E-state index in [1.807, 2.05) is 13.8 Å². The Bertz CT molecular complexity index is 357. The van der Waals surface area contributed by atoms with Crippen molar-refractivity contribution in [3.8, 4) is 0 Å². The minimum absolute atomic E-state index is 0.0499. The summed E-state index contributed by atoms with van der Waals surface area (Å²) in [6.45, 7) is 5.71. The number of hydrogen-bond donors (Lipinski definition) is 5. The highest BCUT2D eigenvalue weighted by Crippen LogP contribution is 2.09. The average molecular weight is 379 g/mol. The summed E-state index contributed by atoms with van der Waals surface area (Å²) in [5.41, 5.74) is 0. The SMILES string of the molecule is CCCOCCCC(=O)[C@H](O)[C@@H](O)[C@@H](O)[C@H](O)C(=O)NCCOCCC. The smallest absolute Gasteiger partial charge is 0.251 e. The summed E-state index contributed by atoms with van der Waals surface area (Å²) in [4.78, 5) is 23.5. The molecule has 154 valence electrons. The second-order valence-electron chi connectivity index (χ2n) is 5.96. The van der Waals surface area contributed by atoms with Crippen LogP contribution in [-0.2, 0) is 19.1 Å². The zero-order valence-electron chi connectivity index (χ0n) is 15.6. The number of carbonyl (C=O) groups is 2. The third-order valence-electron chi connectivity index (χ3n) is 3.55. The van der Waals surface area contributed by atoms with Crippen LogP contribution in [0.3, 0.4) is 0 Å². The van der Waals surface area contributed by atoms with Gasteiger partial charge in [0.1, 0.15) is 18.3 Å². The Balaban J connectivity index is 4.24. The molecule has 0 heterocycles. The van der Waals surface area contributed by atoms with Gasteiger partial charge in [0.15, 0.2) is 11.9 Å². The molecule has 9 nitrogen and oxygen atoms in total. The van der Waals surface area contributed by atoms with Crippen LogP contribution in [0.4, 0.5) is 0 Å². The number of ether oxygens (including phenoxy) is 2. The van der Waals surface area contributed by atoms with Crippen molar-refractivity contribution in [1.29, 1.82) is 0 Å². The highest BCUT2D eigenvalue weighted by molar-refractivity contribution is 5.84. The van der Waals surface area contributed by atoms with Gasteiger partial charge in [0, 0.05) is 32.8 Å². The molecule has 0 radical (unpaired) electrons. The molecule has 0 unspecified atom stereocenters. The van der Waals surface area contributed by atoms with Gasteiger partial charge in [-0.05, 0) is 19.3 Å². The molecule has 26 heavy (non-hydrogen) atoms. The zero-order chi connectivity index (χ0) is 19.9. The maximum atomic E-state index is 11.8. The van der Waals surface area contributed by atoms with E-state index in [2.05, 4.69) is 5.32 Å². The van der Waals surface area contributed by atoms with Crippen LogP contribution in [0.15, 0.2) is 0 Å². The Morgan fingerprint density at radius 2 is 1.38 bits per heavy atom. The maximum absolute atomic E-state index is 11.8. The molecule has 9 heteroatoms. The highest BCUT2D eigenvalue weighted by Gasteiger charge is 2.36. The van der Waals surface area contributed by atoms with Crippen LogP contribution in [-0.4, -0.2) is 89.5 Å². The topological polar surface area (TPSA) is 146 Å². The molecule has 4 atom stereocenters. The second-order valence-corrected chi connectivity index (χ2v) is 5.96. The van der Waals surface area contributed by atoms with E-state index < -0.39 is 36.1 Å². The fourth-order valence-electron chi connectivity index (χ4n) is 2.06. The number of amides is 1. The predicted molar refractivity (Wildman–Crippen MR) is 93.5 cm³/mol. The van der Waals surface area contributed by atoms with Gasteiger partial charge < -0.3 is 35.2 Å². The molecule has 0 aliphatic carbocycles. The van der Waals surface area contributed by atoms with Gasteiger partial charge in [-0.2, -0.15) is 0 Å². The third kappa shape index (κ3) is 10.1. The maximum Gasteiger partial charge on any atom is 0.251 e. The van der Waals surface area contributed by atoms with Gasteiger partial charge in [0.25, 0.3) is 5.91 Å². The van der Waals surface area contributed by atoms with Crippen molar-refractivity contribution in [3.63, 3.8) is 0 Å². The van der Waals surface area contributed by atoms with E-state index in [0.29, 0.717) is 26.2 Å². The molecule has 0 aromatic rings. The molecular formula is C17H33NO8. The Morgan fingerprint density at radius 1 is 0.846 bits per heavy atom. The lowest BCUT2D eigenvalue weighted by atomic mass is 9.97. The molecule has 0 rings (SSSR count). The summed E-state index contributed by atoms with van der Waals surface area (Å²) in [6, 6.07) is 0. The number of carbonyl (C=O) groups excluding carboxylic acids is 2. The van der Waals surface area contributed by atoms with E-state index in [0.717, 1.165) is 12.8 Å². The summed E-state index contributed by atoms with van der Waals surface area (Å²) in [7, 11) is 0. The van der Waals surface area contributed by atoms with Crippen LogP contribution in [0.25, 0.3) is 0 Å². The molecule has 0 saturated carbocycles. The number of ketones is 1. The lowest BCUT2D eigenvalue weighted by Gasteiger charge is -2.25.